The van der Waals surface area contributed by atoms with Crippen molar-refractivity contribution in [3.8, 4) is 0 Å². The van der Waals surface area contributed by atoms with Gasteiger partial charge in [0.1, 0.15) is 0 Å². The van der Waals surface area contributed by atoms with E-state index in [4.69, 9.17) is 0 Å². The van der Waals surface area contributed by atoms with Crippen molar-refractivity contribution >= 4 is 0 Å². The molecule has 4 atom stereocenters. The van der Waals surface area contributed by atoms with Gasteiger partial charge in [-0.25, -0.2) is 8.78 Å². The van der Waals surface area contributed by atoms with Gasteiger partial charge < -0.3 is 0 Å². The zero-order chi connectivity index (χ0) is 11.0. The van der Waals surface area contributed by atoms with Gasteiger partial charge in [-0.1, -0.05) is 0 Å². The Kier molecular flexibility index (Phi) is 3.23. The topological polar surface area (TPSA) is 18.5 Å². The first kappa shape index (κ1) is 11.2. The molecule has 0 spiro atoms. The van der Waals surface area contributed by atoms with E-state index in [2.05, 4.69) is 5.32 Å². The van der Waals surface area contributed by atoms with Crippen LogP contribution in [-0.4, -0.2) is 48.8 Å². The van der Waals surface area contributed by atoms with E-state index in [1.54, 1.807) is 23.9 Å². The Labute approximate surface area is 89.4 Å². The summed E-state index contributed by atoms with van der Waals surface area (Å²) in [6.07, 6.45) is 1.16. The van der Waals surface area contributed by atoms with Gasteiger partial charge in [-0.3, -0.25) is 15.1 Å². The number of rotatable bonds is 2. The molecule has 2 saturated heterocycles. The first-order chi connectivity index (χ1) is 7.09. The van der Waals surface area contributed by atoms with Crippen LogP contribution in [0.25, 0.3) is 0 Å². The summed E-state index contributed by atoms with van der Waals surface area (Å²) in [5.74, 6) is 0. The van der Waals surface area contributed by atoms with Crippen molar-refractivity contribution in [3.63, 3.8) is 0 Å². The highest BCUT2D eigenvalue weighted by molar-refractivity contribution is 4.84. The molecule has 0 bridgehead atoms. The highest BCUT2D eigenvalue weighted by atomic mass is 19.1. The third-order valence-electron chi connectivity index (χ3n) is 3.61. The molecule has 0 amide bonds. The molecule has 0 aromatic heterocycles. The van der Waals surface area contributed by atoms with Crippen molar-refractivity contribution in [1.82, 2.24) is 15.1 Å². The Bertz CT molecular complexity index is 205. The number of likely N-dealkylation sites (tertiary alicyclic amines) is 2. The lowest BCUT2D eigenvalue weighted by Gasteiger charge is -2.29. The second-order valence-electron chi connectivity index (χ2n) is 4.55. The number of nitrogens with one attached hydrogen (secondary N) is 1. The number of hydrogen-bond donors (Lipinski definition) is 1. The van der Waals surface area contributed by atoms with Crippen molar-refractivity contribution in [2.45, 2.75) is 50.6 Å². The molecular formula is C10H19F2N3. The zero-order valence-electron chi connectivity index (χ0n) is 9.29. The van der Waals surface area contributed by atoms with Crippen LogP contribution in [0.2, 0.25) is 0 Å². The second kappa shape index (κ2) is 4.31. The molecule has 88 valence electrons. The van der Waals surface area contributed by atoms with Crippen molar-refractivity contribution in [2.75, 3.05) is 14.1 Å². The van der Waals surface area contributed by atoms with Crippen LogP contribution in [0.3, 0.4) is 0 Å². The van der Waals surface area contributed by atoms with E-state index in [0.717, 1.165) is 12.8 Å². The molecule has 15 heavy (non-hydrogen) atoms. The predicted octanol–water partition coefficient (Wildman–Crippen LogP) is 1.27. The van der Waals surface area contributed by atoms with Crippen molar-refractivity contribution in [2.24, 2.45) is 0 Å². The molecule has 2 rings (SSSR count). The first-order valence-electron chi connectivity index (χ1n) is 5.57. The standard InChI is InChI=1S/C10H19F2N3/c1-14-7(11)3-5-9(14)13-10-6-4-8(12)15(10)2/h7-10,13H,3-6H2,1-2H3. The number of alkyl halides is 2. The summed E-state index contributed by atoms with van der Waals surface area (Å²) in [6, 6.07) is 0. The summed E-state index contributed by atoms with van der Waals surface area (Å²) in [5.41, 5.74) is 0. The third-order valence-corrected chi connectivity index (χ3v) is 3.61. The fourth-order valence-corrected chi connectivity index (χ4v) is 2.42. The van der Waals surface area contributed by atoms with Gasteiger partial charge in [0.25, 0.3) is 0 Å². The summed E-state index contributed by atoms with van der Waals surface area (Å²) < 4.78 is 26.4. The molecule has 3 nitrogen and oxygen atoms in total. The Balaban J connectivity index is 1.87. The van der Waals surface area contributed by atoms with Crippen LogP contribution >= 0.6 is 0 Å². The van der Waals surface area contributed by atoms with E-state index in [1.807, 2.05) is 0 Å². The molecule has 4 unspecified atom stereocenters. The summed E-state index contributed by atoms with van der Waals surface area (Å²) in [5, 5.41) is 3.31. The molecule has 0 aromatic rings. The largest absolute Gasteiger partial charge is 0.286 e. The molecule has 2 aliphatic rings. The fraction of sp³-hybridized carbons (Fsp3) is 1.00. The van der Waals surface area contributed by atoms with Gasteiger partial charge in [0.05, 0.1) is 12.3 Å². The number of nitrogens with zero attached hydrogens (tertiary/aromatic N) is 2. The molecule has 5 heteroatoms. The molecular weight excluding hydrogens is 200 g/mol. The minimum atomic E-state index is -0.851. The summed E-state index contributed by atoms with van der Waals surface area (Å²) in [4.78, 5) is 3.39. The van der Waals surface area contributed by atoms with E-state index in [9.17, 15) is 8.78 Å². The molecule has 0 aromatic carbocycles. The lowest BCUT2D eigenvalue weighted by atomic mass is 10.3. The highest BCUT2D eigenvalue weighted by Gasteiger charge is 2.36. The highest BCUT2D eigenvalue weighted by Crippen LogP contribution is 2.26. The van der Waals surface area contributed by atoms with Gasteiger partial charge in [0.15, 0.2) is 12.6 Å². The predicted molar refractivity (Wildman–Crippen MR) is 54.5 cm³/mol. The molecule has 0 radical (unpaired) electrons. The lowest BCUT2D eigenvalue weighted by molar-refractivity contribution is 0.0646. The number of halogens is 2. The number of hydrogen-bond acceptors (Lipinski definition) is 3. The Morgan fingerprint density at radius 3 is 1.53 bits per heavy atom. The average molecular weight is 219 g/mol. The van der Waals surface area contributed by atoms with Crippen LogP contribution in [0.1, 0.15) is 25.7 Å². The Morgan fingerprint density at radius 2 is 1.27 bits per heavy atom. The van der Waals surface area contributed by atoms with Gasteiger partial charge in [-0.05, 0) is 39.8 Å². The van der Waals surface area contributed by atoms with Crippen LogP contribution in [-0.2, 0) is 0 Å². The minimum absolute atomic E-state index is 0.0535. The first-order valence-corrected chi connectivity index (χ1v) is 5.57. The molecule has 0 aliphatic carbocycles. The van der Waals surface area contributed by atoms with Crippen LogP contribution in [0, 0.1) is 0 Å². The van der Waals surface area contributed by atoms with Crippen LogP contribution in [0.15, 0.2) is 0 Å². The Hall–Kier alpha value is -0.260. The van der Waals surface area contributed by atoms with Gasteiger partial charge >= 0.3 is 0 Å². The van der Waals surface area contributed by atoms with Gasteiger partial charge in [-0.2, -0.15) is 0 Å². The molecule has 2 aliphatic heterocycles. The van der Waals surface area contributed by atoms with E-state index in [0.29, 0.717) is 12.8 Å². The van der Waals surface area contributed by atoms with Gasteiger partial charge in [-0.15, -0.1) is 0 Å². The third kappa shape index (κ3) is 2.14. The maximum atomic E-state index is 13.2. The van der Waals surface area contributed by atoms with Crippen LogP contribution < -0.4 is 5.32 Å². The van der Waals surface area contributed by atoms with Crippen LogP contribution in [0.4, 0.5) is 8.78 Å². The molecule has 0 saturated carbocycles. The van der Waals surface area contributed by atoms with E-state index in [-0.39, 0.29) is 12.3 Å². The van der Waals surface area contributed by atoms with Crippen molar-refractivity contribution in [1.29, 1.82) is 0 Å². The van der Waals surface area contributed by atoms with Crippen molar-refractivity contribution < 1.29 is 8.78 Å². The van der Waals surface area contributed by atoms with E-state index >= 15 is 0 Å². The smallest absolute Gasteiger partial charge is 0.154 e. The summed E-state index contributed by atoms with van der Waals surface area (Å²) >= 11 is 0. The monoisotopic (exact) mass is 219 g/mol. The molecule has 2 fully saturated rings. The Morgan fingerprint density at radius 1 is 0.867 bits per heavy atom. The normalized spacial score (nSPS) is 44.0. The van der Waals surface area contributed by atoms with E-state index in [1.165, 1.54) is 0 Å². The second-order valence-corrected chi connectivity index (χ2v) is 4.55. The summed E-state index contributed by atoms with van der Waals surface area (Å²) in [7, 11) is 3.55. The zero-order valence-corrected chi connectivity index (χ0v) is 9.29. The maximum Gasteiger partial charge on any atom is 0.154 e. The minimum Gasteiger partial charge on any atom is -0.286 e. The van der Waals surface area contributed by atoms with Gasteiger partial charge in [0, 0.05) is 0 Å². The SMILES string of the molecule is CN1C(F)CCC1NC1CCC(F)N1C. The molecule has 1 N–H and O–H groups in total. The fourth-order valence-electron chi connectivity index (χ4n) is 2.42. The maximum absolute atomic E-state index is 13.2. The van der Waals surface area contributed by atoms with Crippen molar-refractivity contribution in [3.05, 3.63) is 0 Å². The molecule has 2 heterocycles. The quantitative estimate of drug-likeness (QED) is 0.706. The average Bonchev–Trinajstić information content (AvgIpc) is 2.68. The van der Waals surface area contributed by atoms with E-state index < -0.39 is 12.6 Å². The van der Waals surface area contributed by atoms with Gasteiger partial charge in [0.2, 0.25) is 0 Å². The lowest BCUT2D eigenvalue weighted by Crippen LogP contribution is -2.50. The summed E-state index contributed by atoms with van der Waals surface area (Å²) in [6.45, 7) is 0. The van der Waals surface area contributed by atoms with Crippen LogP contribution in [0.5, 0.6) is 0 Å².